The number of rotatable bonds is 8. The number of aliphatic hydroxyl groups is 1. The van der Waals surface area contributed by atoms with E-state index in [1.165, 1.54) is 0 Å². The van der Waals surface area contributed by atoms with Crippen LogP contribution in [0.2, 0.25) is 0 Å². The van der Waals surface area contributed by atoms with Crippen molar-refractivity contribution < 1.29 is 19.0 Å². The van der Waals surface area contributed by atoms with Crippen LogP contribution in [-0.2, 0) is 11.3 Å². The Hall–Kier alpha value is -2.11. The second-order valence-corrected chi connectivity index (χ2v) is 4.51. The highest BCUT2D eigenvalue weighted by Gasteiger charge is 2.04. The molecular weight excluding hydrogens is 270 g/mol. The first-order valence-corrected chi connectivity index (χ1v) is 6.71. The van der Waals surface area contributed by atoms with Crippen LogP contribution in [0.5, 0.6) is 5.75 Å². The summed E-state index contributed by atoms with van der Waals surface area (Å²) in [5, 5.41) is 9.79. The summed E-state index contributed by atoms with van der Waals surface area (Å²) in [6.45, 7) is 0.892. The van der Waals surface area contributed by atoms with Crippen LogP contribution in [0, 0.1) is 0 Å². The normalized spacial score (nSPS) is 12.7. The van der Waals surface area contributed by atoms with E-state index in [0.29, 0.717) is 12.4 Å². The van der Waals surface area contributed by atoms with Gasteiger partial charge in [0.2, 0.25) is 0 Å². The van der Waals surface area contributed by atoms with E-state index in [4.69, 9.17) is 13.9 Å². The summed E-state index contributed by atoms with van der Waals surface area (Å²) in [6, 6.07) is 13.0. The molecule has 1 unspecified atom stereocenters. The Balaban J connectivity index is 1.72. The van der Waals surface area contributed by atoms with Crippen LogP contribution < -0.4 is 4.74 Å². The fraction of sp³-hybridized carbons (Fsp3) is 0.312. The van der Waals surface area contributed by atoms with E-state index in [1.54, 1.807) is 13.3 Å². The van der Waals surface area contributed by atoms with Crippen molar-refractivity contribution in [2.24, 2.45) is 4.99 Å². The van der Waals surface area contributed by atoms with Crippen molar-refractivity contribution in [3.05, 3.63) is 54.0 Å². The molecule has 5 heteroatoms. The van der Waals surface area contributed by atoms with E-state index in [-0.39, 0.29) is 13.2 Å². The lowest BCUT2D eigenvalue weighted by molar-refractivity contribution is 0.114. The lowest BCUT2D eigenvalue weighted by atomic mass is 10.3. The van der Waals surface area contributed by atoms with E-state index in [1.807, 2.05) is 42.5 Å². The Morgan fingerprint density at radius 2 is 2.05 bits per heavy atom. The standard InChI is InChI=1S/C16H19NO4/c1-19-12-16-8-7-15(21-16)10-17-9-13(18)11-20-14-5-3-2-4-6-14/h2-8,10,13,18H,9,11-12H2,1H3. The number of ether oxygens (including phenoxy) is 2. The zero-order valence-electron chi connectivity index (χ0n) is 11.9. The van der Waals surface area contributed by atoms with E-state index >= 15 is 0 Å². The minimum atomic E-state index is -0.658. The van der Waals surface area contributed by atoms with Gasteiger partial charge >= 0.3 is 0 Å². The second-order valence-electron chi connectivity index (χ2n) is 4.51. The molecule has 5 nitrogen and oxygen atoms in total. The summed E-state index contributed by atoms with van der Waals surface area (Å²) < 4.78 is 15.9. The summed E-state index contributed by atoms with van der Waals surface area (Å²) in [5.74, 6) is 2.11. The Bertz CT molecular complexity index is 550. The molecule has 1 aromatic carbocycles. The Morgan fingerprint density at radius 1 is 1.24 bits per heavy atom. The van der Waals surface area contributed by atoms with Gasteiger partial charge in [0.25, 0.3) is 0 Å². The number of aliphatic imine (C=N–C) groups is 1. The average Bonchev–Trinajstić information content (AvgIpc) is 2.94. The van der Waals surface area contributed by atoms with Crippen molar-refractivity contribution in [2.75, 3.05) is 20.3 Å². The van der Waals surface area contributed by atoms with E-state index in [9.17, 15) is 5.11 Å². The van der Waals surface area contributed by atoms with Crippen molar-refractivity contribution >= 4 is 6.21 Å². The van der Waals surface area contributed by atoms with Gasteiger partial charge in [-0.15, -0.1) is 0 Å². The van der Waals surface area contributed by atoms with Gasteiger partial charge in [-0.3, -0.25) is 4.99 Å². The minimum absolute atomic E-state index is 0.203. The molecule has 0 saturated carbocycles. The zero-order chi connectivity index (χ0) is 14.9. The van der Waals surface area contributed by atoms with Crippen molar-refractivity contribution in [2.45, 2.75) is 12.7 Å². The molecule has 0 spiro atoms. The smallest absolute Gasteiger partial charge is 0.144 e. The topological polar surface area (TPSA) is 64.2 Å². The van der Waals surface area contributed by atoms with Gasteiger partial charge in [0.1, 0.15) is 36.6 Å². The maximum absolute atomic E-state index is 9.79. The quantitative estimate of drug-likeness (QED) is 0.757. The summed E-state index contributed by atoms with van der Waals surface area (Å²) in [5.41, 5.74) is 0. The van der Waals surface area contributed by atoms with Crippen molar-refractivity contribution in [1.29, 1.82) is 0 Å². The average molecular weight is 289 g/mol. The lowest BCUT2D eigenvalue weighted by Gasteiger charge is -2.09. The number of nitrogens with zero attached hydrogens (tertiary/aromatic N) is 1. The van der Waals surface area contributed by atoms with Gasteiger partial charge in [0.05, 0.1) is 12.8 Å². The summed E-state index contributed by atoms with van der Waals surface area (Å²) in [6.07, 6.45) is 0.931. The van der Waals surface area contributed by atoms with Crippen LogP contribution in [0.3, 0.4) is 0 Å². The third-order valence-corrected chi connectivity index (χ3v) is 2.69. The van der Waals surface area contributed by atoms with Crippen molar-refractivity contribution in [1.82, 2.24) is 0 Å². The van der Waals surface area contributed by atoms with Crippen LogP contribution in [0.1, 0.15) is 11.5 Å². The van der Waals surface area contributed by atoms with Crippen LogP contribution >= 0.6 is 0 Å². The fourth-order valence-corrected chi connectivity index (χ4v) is 1.71. The number of benzene rings is 1. The highest BCUT2D eigenvalue weighted by molar-refractivity contribution is 5.75. The molecule has 0 bridgehead atoms. The molecule has 1 atom stereocenters. The zero-order valence-corrected chi connectivity index (χ0v) is 11.9. The molecule has 0 aliphatic rings. The molecule has 1 aromatic heterocycles. The largest absolute Gasteiger partial charge is 0.491 e. The van der Waals surface area contributed by atoms with Crippen molar-refractivity contribution in [3.63, 3.8) is 0 Å². The van der Waals surface area contributed by atoms with Crippen LogP contribution in [-0.4, -0.2) is 37.7 Å². The van der Waals surface area contributed by atoms with Gasteiger partial charge in [0, 0.05) is 7.11 Å². The third-order valence-electron chi connectivity index (χ3n) is 2.69. The molecular formula is C16H19NO4. The fourth-order valence-electron chi connectivity index (χ4n) is 1.71. The van der Waals surface area contributed by atoms with Crippen LogP contribution in [0.4, 0.5) is 0 Å². The van der Waals surface area contributed by atoms with Gasteiger partial charge < -0.3 is 19.0 Å². The van der Waals surface area contributed by atoms with Gasteiger partial charge in [-0.05, 0) is 24.3 Å². The molecule has 112 valence electrons. The van der Waals surface area contributed by atoms with Crippen molar-refractivity contribution in [3.8, 4) is 5.75 Å². The summed E-state index contributed by atoms with van der Waals surface area (Å²) in [4.78, 5) is 4.14. The third kappa shape index (κ3) is 5.41. The molecule has 0 fully saturated rings. The SMILES string of the molecule is COCc1ccc(C=NCC(O)COc2ccccc2)o1. The highest BCUT2D eigenvalue weighted by Crippen LogP contribution is 2.09. The van der Waals surface area contributed by atoms with Gasteiger partial charge in [-0.1, -0.05) is 18.2 Å². The first-order chi connectivity index (χ1) is 10.3. The van der Waals surface area contributed by atoms with Crippen LogP contribution in [0.25, 0.3) is 0 Å². The highest BCUT2D eigenvalue weighted by atomic mass is 16.5. The van der Waals surface area contributed by atoms with E-state index in [2.05, 4.69) is 4.99 Å². The molecule has 2 aromatic rings. The first-order valence-electron chi connectivity index (χ1n) is 6.71. The number of para-hydroxylation sites is 1. The van der Waals surface area contributed by atoms with E-state index in [0.717, 1.165) is 11.5 Å². The molecule has 0 amide bonds. The molecule has 0 radical (unpaired) electrons. The number of aliphatic hydroxyl groups excluding tert-OH is 1. The second kappa shape index (κ2) is 8.24. The van der Waals surface area contributed by atoms with Gasteiger partial charge in [-0.25, -0.2) is 0 Å². The lowest BCUT2D eigenvalue weighted by Crippen LogP contribution is -2.20. The predicted octanol–water partition coefficient (Wildman–Crippen LogP) is 2.28. The van der Waals surface area contributed by atoms with Gasteiger partial charge in [0.15, 0.2) is 0 Å². The maximum atomic E-state index is 9.79. The van der Waals surface area contributed by atoms with E-state index < -0.39 is 6.10 Å². The van der Waals surface area contributed by atoms with Crippen LogP contribution in [0.15, 0.2) is 51.9 Å². The maximum Gasteiger partial charge on any atom is 0.144 e. The monoisotopic (exact) mass is 289 g/mol. The number of hydrogen-bond acceptors (Lipinski definition) is 5. The number of furan rings is 1. The molecule has 2 rings (SSSR count). The predicted molar refractivity (Wildman–Crippen MR) is 79.8 cm³/mol. The molecule has 0 aliphatic heterocycles. The first kappa shape index (κ1) is 15.3. The molecule has 0 saturated heterocycles. The Kier molecular flexibility index (Phi) is 5.99. The summed E-state index contributed by atoms with van der Waals surface area (Å²) in [7, 11) is 1.61. The molecule has 1 heterocycles. The minimum Gasteiger partial charge on any atom is -0.491 e. The Morgan fingerprint density at radius 3 is 2.81 bits per heavy atom. The molecule has 21 heavy (non-hydrogen) atoms. The Labute approximate surface area is 123 Å². The number of methoxy groups -OCH3 is 1. The molecule has 1 N–H and O–H groups in total. The summed E-state index contributed by atoms with van der Waals surface area (Å²) >= 11 is 0. The number of hydrogen-bond donors (Lipinski definition) is 1. The van der Waals surface area contributed by atoms with Gasteiger partial charge in [-0.2, -0.15) is 0 Å². The molecule has 0 aliphatic carbocycles.